The lowest BCUT2D eigenvalue weighted by atomic mass is 9.77. The zero-order valence-corrected chi connectivity index (χ0v) is 22.1. The van der Waals surface area contributed by atoms with E-state index in [2.05, 4.69) is 111 Å². The molecule has 6 rings (SSSR count). The van der Waals surface area contributed by atoms with Gasteiger partial charge in [0.1, 0.15) is 0 Å². The molecule has 0 saturated carbocycles. The quantitative estimate of drug-likeness (QED) is 0.268. The number of aromatic nitrogens is 3. The molecular formula is C35H33N3. The van der Waals surface area contributed by atoms with E-state index < -0.39 is 0 Å². The third kappa shape index (κ3) is 4.72. The van der Waals surface area contributed by atoms with E-state index in [1.807, 2.05) is 22.9 Å². The minimum atomic E-state index is -0.118. The van der Waals surface area contributed by atoms with E-state index in [4.69, 9.17) is 10.1 Å². The Hall–Kier alpha value is -4.24. The SMILES string of the molecule is CC(C)(c1ccc(C2=CCCC=C2)cc1)c1ccc(-c2nc(C3=CCCC=C3)n(-c3ccccc3)n2)cc1. The summed E-state index contributed by atoms with van der Waals surface area (Å²) >= 11 is 0. The molecule has 0 atom stereocenters. The first-order valence-corrected chi connectivity index (χ1v) is 13.6. The average molecular weight is 496 g/mol. The molecule has 188 valence electrons. The van der Waals surface area contributed by atoms with Gasteiger partial charge in [0.05, 0.1) is 5.69 Å². The van der Waals surface area contributed by atoms with Crippen LogP contribution in [0.5, 0.6) is 0 Å². The molecule has 2 aliphatic carbocycles. The molecule has 0 bridgehead atoms. The van der Waals surface area contributed by atoms with Crippen LogP contribution in [0.4, 0.5) is 0 Å². The Morgan fingerprint density at radius 1 is 0.632 bits per heavy atom. The molecule has 0 radical (unpaired) electrons. The highest BCUT2D eigenvalue weighted by Gasteiger charge is 2.24. The van der Waals surface area contributed by atoms with Crippen molar-refractivity contribution < 1.29 is 0 Å². The Morgan fingerprint density at radius 2 is 1.21 bits per heavy atom. The summed E-state index contributed by atoms with van der Waals surface area (Å²) in [4.78, 5) is 5.01. The average Bonchev–Trinajstić information content (AvgIpc) is 3.44. The van der Waals surface area contributed by atoms with Crippen LogP contribution in [0.2, 0.25) is 0 Å². The van der Waals surface area contributed by atoms with Crippen LogP contribution in [0.3, 0.4) is 0 Å². The molecule has 2 aliphatic rings. The van der Waals surface area contributed by atoms with Crippen molar-refractivity contribution in [3.05, 3.63) is 138 Å². The largest absolute Gasteiger partial charge is 0.213 e. The highest BCUT2D eigenvalue weighted by Crippen LogP contribution is 2.34. The van der Waals surface area contributed by atoms with Gasteiger partial charge >= 0.3 is 0 Å². The predicted octanol–water partition coefficient (Wildman–Crippen LogP) is 8.73. The number of rotatable bonds is 6. The third-order valence-corrected chi connectivity index (χ3v) is 7.66. The minimum absolute atomic E-state index is 0.118. The van der Waals surface area contributed by atoms with E-state index in [0.29, 0.717) is 0 Å². The van der Waals surface area contributed by atoms with Gasteiger partial charge in [0.15, 0.2) is 11.6 Å². The van der Waals surface area contributed by atoms with Crippen molar-refractivity contribution in [1.82, 2.24) is 14.8 Å². The lowest BCUT2D eigenvalue weighted by Gasteiger charge is -2.26. The van der Waals surface area contributed by atoms with Gasteiger partial charge in [0, 0.05) is 16.6 Å². The van der Waals surface area contributed by atoms with Crippen molar-refractivity contribution in [2.24, 2.45) is 0 Å². The molecular weight excluding hydrogens is 462 g/mol. The summed E-state index contributed by atoms with van der Waals surface area (Å²) in [7, 11) is 0. The summed E-state index contributed by atoms with van der Waals surface area (Å²) in [5.41, 5.74) is 8.23. The van der Waals surface area contributed by atoms with Crippen LogP contribution >= 0.6 is 0 Å². The van der Waals surface area contributed by atoms with Crippen LogP contribution in [-0.2, 0) is 5.41 Å². The fourth-order valence-corrected chi connectivity index (χ4v) is 5.26. The molecule has 3 aromatic carbocycles. The molecule has 38 heavy (non-hydrogen) atoms. The van der Waals surface area contributed by atoms with Gasteiger partial charge in [-0.1, -0.05) is 117 Å². The summed E-state index contributed by atoms with van der Waals surface area (Å²) in [6.07, 6.45) is 17.8. The number of benzene rings is 3. The van der Waals surface area contributed by atoms with Crippen LogP contribution in [0, 0.1) is 0 Å². The normalized spacial score (nSPS) is 15.3. The highest BCUT2D eigenvalue weighted by molar-refractivity contribution is 5.75. The molecule has 3 heteroatoms. The van der Waals surface area contributed by atoms with Crippen molar-refractivity contribution in [3.63, 3.8) is 0 Å². The Kier molecular flexibility index (Phi) is 6.51. The second kappa shape index (κ2) is 10.3. The van der Waals surface area contributed by atoms with Crippen molar-refractivity contribution >= 4 is 11.1 Å². The molecule has 0 aliphatic heterocycles. The van der Waals surface area contributed by atoms with Crippen molar-refractivity contribution in [1.29, 1.82) is 0 Å². The first kappa shape index (κ1) is 24.1. The number of nitrogens with zero attached hydrogens (tertiary/aromatic N) is 3. The van der Waals surface area contributed by atoms with Crippen molar-refractivity contribution in [2.45, 2.75) is 44.9 Å². The zero-order valence-electron chi connectivity index (χ0n) is 22.1. The standard InChI is InChI=1S/C35H33N3/c1-35(2,30-22-18-27(19-23-30)26-12-6-3-7-13-26)31-24-20-28(21-25-31)33-36-34(29-14-8-4-9-15-29)38(37-33)32-16-10-5-11-17-32/h5-6,8,10-25H,3-4,7,9H2,1-2H3. The number of hydrogen-bond donors (Lipinski definition) is 0. The Bertz CT molecular complexity index is 1540. The molecule has 4 aromatic rings. The van der Waals surface area contributed by atoms with Crippen molar-refractivity contribution in [3.8, 4) is 17.1 Å². The fraction of sp³-hybridized carbons (Fsp3) is 0.200. The van der Waals surface area contributed by atoms with E-state index in [9.17, 15) is 0 Å². The highest BCUT2D eigenvalue weighted by atomic mass is 15.4. The smallest absolute Gasteiger partial charge is 0.182 e. The van der Waals surface area contributed by atoms with E-state index in [-0.39, 0.29) is 5.41 Å². The van der Waals surface area contributed by atoms with Gasteiger partial charge < -0.3 is 0 Å². The Balaban J connectivity index is 1.30. The van der Waals surface area contributed by atoms with Gasteiger partial charge in [-0.2, -0.15) is 0 Å². The monoisotopic (exact) mass is 495 g/mol. The Morgan fingerprint density at radius 3 is 1.79 bits per heavy atom. The van der Waals surface area contributed by atoms with E-state index >= 15 is 0 Å². The summed E-state index contributed by atoms with van der Waals surface area (Å²) in [5, 5.41) is 4.95. The first-order valence-electron chi connectivity index (χ1n) is 13.6. The van der Waals surface area contributed by atoms with E-state index in [1.165, 1.54) is 22.3 Å². The molecule has 0 N–H and O–H groups in total. The van der Waals surface area contributed by atoms with E-state index in [0.717, 1.165) is 54.2 Å². The molecule has 0 saturated heterocycles. The van der Waals surface area contributed by atoms with Gasteiger partial charge in [0.25, 0.3) is 0 Å². The molecule has 1 heterocycles. The number of allylic oxidation sites excluding steroid dienone is 8. The second-order valence-corrected chi connectivity index (χ2v) is 10.6. The number of para-hydroxylation sites is 1. The summed E-state index contributed by atoms with van der Waals surface area (Å²) in [5.74, 6) is 1.63. The third-order valence-electron chi connectivity index (χ3n) is 7.66. The van der Waals surface area contributed by atoms with Crippen LogP contribution in [0.15, 0.2) is 115 Å². The molecule has 0 unspecified atom stereocenters. The van der Waals surface area contributed by atoms with Crippen molar-refractivity contribution in [2.75, 3.05) is 0 Å². The predicted molar refractivity (Wildman–Crippen MR) is 158 cm³/mol. The topological polar surface area (TPSA) is 30.7 Å². The van der Waals surface area contributed by atoms with Crippen LogP contribution < -0.4 is 0 Å². The van der Waals surface area contributed by atoms with Crippen LogP contribution in [0.25, 0.3) is 28.2 Å². The van der Waals surface area contributed by atoms with E-state index in [1.54, 1.807) is 0 Å². The minimum Gasteiger partial charge on any atom is -0.213 e. The van der Waals surface area contributed by atoms with Crippen LogP contribution in [0.1, 0.15) is 62.0 Å². The zero-order chi connectivity index (χ0) is 26.0. The maximum absolute atomic E-state index is 5.01. The second-order valence-electron chi connectivity index (χ2n) is 10.6. The van der Waals surface area contributed by atoms with Gasteiger partial charge in [-0.25, -0.2) is 9.67 Å². The first-order chi connectivity index (χ1) is 18.6. The molecule has 3 nitrogen and oxygen atoms in total. The number of hydrogen-bond acceptors (Lipinski definition) is 2. The van der Waals surface area contributed by atoms with Crippen LogP contribution in [-0.4, -0.2) is 14.8 Å². The maximum Gasteiger partial charge on any atom is 0.182 e. The van der Waals surface area contributed by atoms with Gasteiger partial charge in [-0.05, 0) is 60.1 Å². The van der Waals surface area contributed by atoms with Gasteiger partial charge in [-0.3, -0.25) is 0 Å². The van der Waals surface area contributed by atoms with Gasteiger partial charge in [-0.15, -0.1) is 5.10 Å². The molecule has 0 spiro atoms. The molecule has 0 amide bonds. The Labute approximate surface area is 225 Å². The van der Waals surface area contributed by atoms with Gasteiger partial charge in [0.2, 0.25) is 0 Å². The lowest BCUT2D eigenvalue weighted by molar-refractivity contribution is 0.641. The summed E-state index contributed by atoms with van der Waals surface area (Å²) in [6, 6.07) is 28.1. The fourth-order valence-electron chi connectivity index (χ4n) is 5.26. The maximum atomic E-state index is 5.01. The lowest BCUT2D eigenvalue weighted by Crippen LogP contribution is -2.18. The summed E-state index contributed by atoms with van der Waals surface area (Å²) < 4.78 is 1.97. The molecule has 1 aromatic heterocycles. The summed E-state index contributed by atoms with van der Waals surface area (Å²) in [6.45, 7) is 4.58. The molecule has 0 fully saturated rings.